The van der Waals surface area contributed by atoms with E-state index < -0.39 is 47.1 Å². The van der Waals surface area contributed by atoms with Crippen LogP contribution in [0.1, 0.15) is 79.4 Å². The second kappa shape index (κ2) is 13.8. The molecule has 0 bridgehead atoms. The Labute approximate surface area is 250 Å². The van der Waals surface area contributed by atoms with E-state index in [1.165, 1.54) is 11.8 Å². The highest BCUT2D eigenvalue weighted by Crippen LogP contribution is 2.30. The van der Waals surface area contributed by atoms with Crippen molar-refractivity contribution in [2.75, 3.05) is 14.1 Å². The van der Waals surface area contributed by atoms with Crippen molar-refractivity contribution >= 4 is 23.7 Å². The van der Waals surface area contributed by atoms with E-state index in [0.29, 0.717) is 5.06 Å². The summed E-state index contributed by atoms with van der Waals surface area (Å²) in [5.41, 5.74) is 1.08. The number of aryl methyl sites for hydroxylation is 1. The zero-order valence-electron chi connectivity index (χ0n) is 27.1. The van der Waals surface area contributed by atoms with Crippen LogP contribution >= 0.6 is 0 Å². The summed E-state index contributed by atoms with van der Waals surface area (Å²) in [5, 5.41) is 16.8. The van der Waals surface area contributed by atoms with Gasteiger partial charge in [0, 0.05) is 30.9 Å². The average Bonchev–Trinajstić information content (AvgIpc) is 3.20. The van der Waals surface area contributed by atoms with Crippen LogP contribution in [0.25, 0.3) is 0 Å². The van der Waals surface area contributed by atoms with Gasteiger partial charge in [-0.3, -0.25) is 14.4 Å². The Kier molecular flexibility index (Phi) is 11.5. The molecule has 10 nitrogen and oxygen atoms in total. The second-order valence-corrected chi connectivity index (χ2v) is 13.3. The maximum Gasteiger partial charge on any atom is 0.358 e. The fraction of sp³-hybridized carbons (Fsp3) is 0.625. The van der Waals surface area contributed by atoms with Crippen LogP contribution in [0.15, 0.2) is 35.9 Å². The highest BCUT2D eigenvalue weighted by atomic mass is 16.7. The van der Waals surface area contributed by atoms with Crippen LogP contribution in [-0.4, -0.2) is 77.2 Å². The minimum absolute atomic E-state index is 0.0951. The predicted octanol–water partition coefficient (Wildman–Crippen LogP) is 3.22. The second-order valence-electron chi connectivity index (χ2n) is 13.3. The van der Waals surface area contributed by atoms with Gasteiger partial charge in [-0.2, -0.15) is 0 Å². The molecule has 42 heavy (non-hydrogen) atoms. The van der Waals surface area contributed by atoms with Crippen LogP contribution in [-0.2, 0) is 29.4 Å². The van der Waals surface area contributed by atoms with E-state index in [9.17, 15) is 24.3 Å². The Morgan fingerprint density at radius 3 is 2.24 bits per heavy atom. The van der Waals surface area contributed by atoms with Crippen LogP contribution in [0.4, 0.5) is 0 Å². The highest BCUT2D eigenvalue weighted by molar-refractivity contribution is 5.92. The number of hydroxylamine groups is 2. The van der Waals surface area contributed by atoms with E-state index in [1.54, 1.807) is 20.2 Å². The summed E-state index contributed by atoms with van der Waals surface area (Å²) in [4.78, 5) is 59.2. The van der Waals surface area contributed by atoms with Crippen molar-refractivity contribution in [3.8, 4) is 0 Å². The molecule has 0 aliphatic carbocycles. The number of nitrogens with zero attached hydrogens (tertiary/aromatic N) is 2. The SMILES string of the molecule is CN[C@H](C(=O)N[C@H](C(=O)N(C)[C@H](/C=C(\C)C(=O)ON1C(=O)CCC1O)C(C)C)C(C)(C)C)C(C)(C)c1cccc(C)c1. The average molecular weight is 587 g/mol. The lowest BCUT2D eigenvalue weighted by atomic mass is 9.76. The van der Waals surface area contributed by atoms with Gasteiger partial charge in [-0.1, -0.05) is 84.4 Å². The number of hydrogen-bond acceptors (Lipinski definition) is 7. The van der Waals surface area contributed by atoms with Gasteiger partial charge in [-0.15, -0.1) is 5.06 Å². The first-order chi connectivity index (χ1) is 19.3. The van der Waals surface area contributed by atoms with E-state index in [2.05, 4.69) is 16.7 Å². The molecule has 0 aromatic heterocycles. The molecule has 1 saturated heterocycles. The van der Waals surface area contributed by atoms with Crippen LogP contribution < -0.4 is 10.6 Å². The Hall–Kier alpha value is -3.24. The quantitative estimate of drug-likeness (QED) is 0.340. The molecule has 10 heteroatoms. The molecular formula is C32H50N4O6. The van der Waals surface area contributed by atoms with Gasteiger partial charge in [0.1, 0.15) is 6.04 Å². The molecule has 1 fully saturated rings. The molecule has 3 N–H and O–H groups in total. The first-order valence-corrected chi connectivity index (χ1v) is 14.5. The number of amides is 3. The maximum absolute atomic E-state index is 14.0. The number of nitrogens with one attached hydrogen (secondary N) is 2. The van der Waals surface area contributed by atoms with Crippen molar-refractivity contribution in [1.82, 2.24) is 20.6 Å². The Bertz CT molecular complexity index is 1190. The lowest BCUT2D eigenvalue weighted by molar-refractivity contribution is -0.217. The van der Waals surface area contributed by atoms with Crippen LogP contribution in [0.3, 0.4) is 0 Å². The molecule has 1 aromatic carbocycles. The molecule has 234 valence electrons. The molecule has 0 saturated carbocycles. The third-order valence-corrected chi connectivity index (χ3v) is 7.97. The van der Waals surface area contributed by atoms with Crippen molar-refractivity contribution in [1.29, 1.82) is 0 Å². The summed E-state index contributed by atoms with van der Waals surface area (Å²) in [6, 6.07) is 6.03. The number of aliphatic hydroxyl groups excluding tert-OH is 1. The number of rotatable bonds is 11. The molecule has 1 aromatic rings. The van der Waals surface area contributed by atoms with E-state index in [4.69, 9.17) is 4.84 Å². The summed E-state index contributed by atoms with van der Waals surface area (Å²) in [5.74, 6) is -1.95. The fourth-order valence-electron chi connectivity index (χ4n) is 5.25. The molecule has 3 amide bonds. The normalized spacial score (nSPS) is 18.5. The molecule has 4 atom stereocenters. The summed E-state index contributed by atoms with van der Waals surface area (Å²) >= 11 is 0. The van der Waals surface area contributed by atoms with Crippen LogP contribution in [0.2, 0.25) is 0 Å². The van der Waals surface area contributed by atoms with Crippen molar-refractivity contribution in [2.45, 2.75) is 105 Å². The highest BCUT2D eigenvalue weighted by Gasteiger charge is 2.42. The first kappa shape index (κ1) is 35.0. The van der Waals surface area contributed by atoms with Crippen molar-refractivity contribution in [2.24, 2.45) is 11.3 Å². The third kappa shape index (κ3) is 8.19. The lowest BCUT2D eigenvalue weighted by Gasteiger charge is -2.40. The topological polar surface area (TPSA) is 128 Å². The summed E-state index contributed by atoms with van der Waals surface area (Å²) < 4.78 is 0. The van der Waals surface area contributed by atoms with E-state index in [-0.39, 0.29) is 36.1 Å². The van der Waals surface area contributed by atoms with E-state index in [0.717, 1.165) is 11.1 Å². The maximum atomic E-state index is 14.0. The smallest absolute Gasteiger partial charge is 0.358 e. The number of hydrogen-bond donors (Lipinski definition) is 3. The Morgan fingerprint density at radius 1 is 1.14 bits per heavy atom. The first-order valence-electron chi connectivity index (χ1n) is 14.5. The lowest BCUT2D eigenvalue weighted by Crippen LogP contribution is -2.61. The van der Waals surface area contributed by atoms with Gasteiger partial charge in [0.2, 0.25) is 11.8 Å². The van der Waals surface area contributed by atoms with Gasteiger partial charge >= 0.3 is 5.97 Å². The van der Waals surface area contributed by atoms with E-state index >= 15 is 0 Å². The van der Waals surface area contributed by atoms with Gasteiger partial charge in [0.05, 0.1) is 12.1 Å². The molecule has 0 radical (unpaired) electrons. The van der Waals surface area contributed by atoms with Gasteiger partial charge in [-0.05, 0) is 37.8 Å². The standard InChI is InChI=1S/C32H50N4O6/c1-19(2)23(18-21(4)30(41)42-36-24(37)15-16-25(36)38)35(11)29(40)27(31(5,6)7)34-28(39)26(33-10)32(8,9)22-14-12-13-20(3)17-22/h12-14,17-19,23-24,26-27,33,37H,15-16H2,1-11H3,(H,34,39)/b21-18+/t23-,24?,26-,27-/m1/s1. The summed E-state index contributed by atoms with van der Waals surface area (Å²) in [6.45, 7) is 17.1. The van der Waals surface area contributed by atoms with Crippen molar-refractivity contribution in [3.63, 3.8) is 0 Å². The molecule has 0 spiro atoms. The molecule has 1 aliphatic heterocycles. The minimum atomic E-state index is -1.17. The molecular weight excluding hydrogens is 536 g/mol. The van der Waals surface area contributed by atoms with E-state index in [1.807, 2.05) is 73.6 Å². The van der Waals surface area contributed by atoms with Gasteiger partial charge in [-0.25, -0.2) is 4.79 Å². The van der Waals surface area contributed by atoms with Crippen LogP contribution in [0.5, 0.6) is 0 Å². The number of aliphatic hydroxyl groups is 1. The number of likely N-dealkylation sites (N-methyl/N-ethyl adjacent to an activating group) is 2. The largest absolute Gasteiger partial charge is 0.370 e. The summed E-state index contributed by atoms with van der Waals surface area (Å²) in [7, 11) is 3.38. The van der Waals surface area contributed by atoms with Gasteiger partial charge < -0.3 is 25.5 Å². The molecule has 2 rings (SSSR count). The molecule has 1 unspecified atom stereocenters. The fourth-order valence-corrected chi connectivity index (χ4v) is 5.25. The summed E-state index contributed by atoms with van der Waals surface area (Å²) in [6.07, 6.45) is 0.737. The predicted molar refractivity (Wildman–Crippen MR) is 162 cm³/mol. The number of carbonyl (C=O) groups excluding carboxylic acids is 4. The van der Waals surface area contributed by atoms with Crippen molar-refractivity contribution in [3.05, 3.63) is 47.0 Å². The van der Waals surface area contributed by atoms with Crippen molar-refractivity contribution < 1.29 is 29.1 Å². The van der Waals surface area contributed by atoms with Gasteiger partial charge in [0.15, 0.2) is 6.23 Å². The Balaban J connectivity index is 2.31. The third-order valence-electron chi connectivity index (χ3n) is 7.97. The monoisotopic (exact) mass is 586 g/mol. The Morgan fingerprint density at radius 2 is 1.76 bits per heavy atom. The zero-order chi connectivity index (χ0) is 32.2. The molecule has 1 heterocycles. The van der Waals surface area contributed by atoms with Gasteiger partial charge in [0.25, 0.3) is 5.91 Å². The number of benzene rings is 1. The van der Waals surface area contributed by atoms with Crippen LogP contribution in [0, 0.1) is 18.3 Å². The number of carbonyl (C=O) groups is 4. The molecule has 1 aliphatic rings. The minimum Gasteiger partial charge on any atom is -0.370 e. The zero-order valence-corrected chi connectivity index (χ0v) is 27.1.